The average Bonchev–Trinajstić information content (AvgIpc) is 3.86. The quantitative estimate of drug-likeness (QED) is 0.173. The molecule has 4 aliphatic carbocycles. The summed E-state index contributed by atoms with van der Waals surface area (Å²) in [6.45, 7) is 10.1. The number of hydrogen-bond donors (Lipinski definition) is 4. The van der Waals surface area contributed by atoms with Crippen molar-refractivity contribution in [3.8, 4) is 0 Å². The van der Waals surface area contributed by atoms with E-state index in [4.69, 9.17) is 23.7 Å². The molecule has 4 fully saturated rings. The minimum Gasteiger partial charge on any atom is -0.456 e. The molecule has 296 valence electrons. The molecule has 1 saturated heterocycles. The van der Waals surface area contributed by atoms with Crippen LogP contribution in [-0.2, 0) is 33.3 Å². The Bertz CT molecular complexity index is 1890. The number of esters is 2. The van der Waals surface area contributed by atoms with Gasteiger partial charge in [-0.15, -0.1) is 0 Å². The third-order valence-corrected chi connectivity index (χ3v) is 13.0. The normalized spacial score (nSPS) is 35.6. The Labute approximate surface area is 320 Å². The first-order valence-corrected chi connectivity index (χ1v) is 18.8. The molecule has 3 saturated carbocycles. The van der Waals surface area contributed by atoms with Crippen molar-refractivity contribution in [2.45, 2.75) is 114 Å². The fourth-order valence-electron chi connectivity index (χ4n) is 10.1. The van der Waals surface area contributed by atoms with Crippen molar-refractivity contribution >= 4 is 23.8 Å². The fraction of sp³-hybridized carbons (Fsp3) is 0.571. The Morgan fingerprint density at radius 3 is 2.20 bits per heavy atom. The number of carbonyl (C=O) groups is 4. The summed E-state index contributed by atoms with van der Waals surface area (Å²) in [5, 5.41) is 39.7. The monoisotopic (exact) mass is 761 g/mol. The molecule has 1 aliphatic heterocycles. The van der Waals surface area contributed by atoms with Gasteiger partial charge in [0.1, 0.15) is 35.1 Å². The highest BCUT2D eigenvalue weighted by atomic mass is 16.6. The van der Waals surface area contributed by atoms with E-state index in [1.54, 1.807) is 102 Å². The molecule has 1 spiro atoms. The van der Waals surface area contributed by atoms with Crippen LogP contribution in [0, 0.1) is 22.7 Å². The molecule has 13 nitrogen and oxygen atoms in total. The average molecular weight is 762 g/mol. The predicted octanol–water partition coefficient (Wildman–Crippen LogP) is 3.98. The van der Waals surface area contributed by atoms with E-state index in [0.29, 0.717) is 24.0 Å². The molecular weight excluding hydrogens is 710 g/mol. The molecule has 5 aliphatic rings. The van der Waals surface area contributed by atoms with E-state index in [0.717, 1.165) is 0 Å². The van der Waals surface area contributed by atoms with Gasteiger partial charge in [0.2, 0.25) is 0 Å². The van der Waals surface area contributed by atoms with Gasteiger partial charge >= 0.3 is 18.0 Å². The van der Waals surface area contributed by atoms with Crippen LogP contribution >= 0.6 is 0 Å². The van der Waals surface area contributed by atoms with Crippen LogP contribution in [0.5, 0.6) is 0 Å². The van der Waals surface area contributed by atoms with E-state index >= 15 is 0 Å². The molecule has 13 heteroatoms. The minimum atomic E-state index is -2.08. The molecule has 0 aromatic heterocycles. The zero-order valence-corrected chi connectivity index (χ0v) is 32.2. The number of methoxy groups -OCH3 is 1. The lowest BCUT2D eigenvalue weighted by Gasteiger charge is -2.64. The third kappa shape index (κ3) is 6.10. The molecule has 1 heterocycles. The van der Waals surface area contributed by atoms with Crippen molar-refractivity contribution in [2.75, 3.05) is 13.7 Å². The number of benzene rings is 2. The molecule has 55 heavy (non-hydrogen) atoms. The van der Waals surface area contributed by atoms with Crippen molar-refractivity contribution in [1.82, 2.24) is 5.32 Å². The van der Waals surface area contributed by atoms with Crippen LogP contribution in [0.1, 0.15) is 82.8 Å². The lowest BCUT2D eigenvalue weighted by molar-refractivity contribution is -0.327. The van der Waals surface area contributed by atoms with E-state index in [1.165, 1.54) is 7.11 Å². The molecule has 0 radical (unpaired) electrons. The highest BCUT2D eigenvalue weighted by Gasteiger charge is 2.83. The summed E-state index contributed by atoms with van der Waals surface area (Å²) in [7, 11) is 1.51. The lowest BCUT2D eigenvalue weighted by Crippen LogP contribution is -2.77. The Balaban J connectivity index is 1.31. The molecule has 11 atom stereocenters. The van der Waals surface area contributed by atoms with E-state index in [9.17, 15) is 34.5 Å². The largest absolute Gasteiger partial charge is 0.456 e. The van der Waals surface area contributed by atoms with Crippen molar-refractivity contribution < 1.29 is 58.2 Å². The summed E-state index contributed by atoms with van der Waals surface area (Å²) in [5.74, 6) is -3.52. The van der Waals surface area contributed by atoms with Gasteiger partial charge in [-0.2, -0.15) is 0 Å². The van der Waals surface area contributed by atoms with E-state index in [-0.39, 0.29) is 30.1 Å². The number of ketones is 1. The van der Waals surface area contributed by atoms with Crippen molar-refractivity contribution in [2.24, 2.45) is 22.7 Å². The number of Topliss-reactive ketones (excluding diaryl/α,β-unsaturated/α-hetero) is 1. The van der Waals surface area contributed by atoms with Crippen molar-refractivity contribution in [3.05, 3.63) is 82.9 Å². The maximum absolute atomic E-state index is 14.9. The zero-order valence-electron chi connectivity index (χ0n) is 32.2. The van der Waals surface area contributed by atoms with E-state index in [1.807, 2.05) is 0 Å². The molecule has 0 unspecified atom stereocenters. The van der Waals surface area contributed by atoms with Gasteiger partial charge in [-0.1, -0.05) is 62.4 Å². The summed E-state index contributed by atoms with van der Waals surface area (Å²) in [4.78, 5) is 55.8. The van der Waals surface area contributed by atoms with Gasteiger partial charge in [0.15, 0.2) is 11.9 Å². The second-order valence-corrected chi connectivity index (χ2v) is 17.3. The van der Waals surface area contributed by atoms with Crippen LogP contribution in [0.25, 0.3) is 0 Å². The number of ether oxygens (including phenoxy) is 5. The van der Waals surface area contributed by atoms with E-state index < -0.39 is 93.9 Å². The number of nitrogens with one attached hydrogen (secondary N) is 1. The van der Waals surface area contributed by atoms with Gasteiger partial charge in [-0.25, -0.2) is 14.4 Å². The highest BCUT2D eigenvalue weighted by Crippen LogP contribution is 2.74. The van der Waals surface area contributed by atoms with Crippen molar-refractivity contribution in [1.29, 1.82) is 0 Å². The van der Waals surface area contributed by atoms with Gasteiger partial charge in [0.25, 0.3) is 0 Å². The maximum Gasteiger partial charge on any atom is 0.408 e. The lowest BCUT2D eigenvalue weighted by atomic mass is 9.48. The van der Waals surface area contributed by atoms with Crippen LogP contribution in [0.15, 0.2) is 71.8 Å². The molecule has 2 bridgehead atoms. The predicted molar refractivity (Wildman–Crippen MR) is 195 cm³/mol. The van der Waals surface area contributed by atoms with Crippen LogP contribution in [0.4, 0.5) is 4.79 Å². The first-order valence-electron chi connectivity index (χ1n) is 18.8. The molecule has 2 aromatic carbocycles. The Morgan fingerprint density at radius 1 is 0.982 bits per heavy atom. The van der Waals surface area contributed by atoms with Crippen LogP contribution < -0.4 is 5.32 Å². The molecule has 7 rings (SSSR count). The number of aliphatic hydroxyl groups excluding tert-OH is 2. The van der Waals surface area contributed by atoms with Crippen LogP contribution in [0.2, 0.25) is 0 Å². The number of amides is 1. The maximum atomic E-state index is 14.9. The summed E-state index contributed by atoms with van der Waals surface area (Å²) >= 11 is 0. The second-order valence-electron chi connectivity index (χ2n) is 17.3. The summed E-state index contributed by atoms with van der Waals surface area (Å²) in [5.41, 5.74) is -5.64. The third-order valence-electron chi connectivity index (χ3n) is 13.0. The van der Waals surface area contributed by atoms with Gasteiger partial charge in [0.05, 0.1) is 24.3 Å². The Hall–Kier alpha value is -4.14. The summed E-state index contributed by atoms with van der Waals surface area (Å²) < 4.78 is 30.1. The highest BCUT2D eigenvalue weighted by molar-refractivity contribution is 5.96. The zero-order chi connectivity index (χ0) is 39.9. The Kier molecular flexibility index (Phi) is 9.61. The Morgan fingerprint density at radius 2 is 1.62 bits per heavy atom. The van der Waals surface area contributed by atoms with Gasteiger partial charge in [0, 0.05) is 30.3 Å². The van der Waals surface area contributed by atoms with Gasteiger partial charge < -0.3 is 44.3 Å². The number of aliphatic hydroxyl groups is 3. The topological polar surface area (TPSA) is 187 Å². The smallest absolute Gasteiger partial charge is 0.408 e. The van der Waals surface area contributed by atoms with E-state index in [2.05, 4.69) is 5.32 Å². The number of carbonyl (C=O) groups excluding carboxylic acids is 4. The minimum absolute atomic E-state index is 0.0738. The summed E-state index contributed by atoms with van der Waals surface area (Å²) in [6.07, 6.45) is -7.17. The number of alkyl carbamates (subject to hydrolysis) is 1. The molecule has 2 aromatic rings. The number of fused-ring (bicyclic) bond motifs is 4. The molecular formula is C42H51NO12. The van der Waals surface area contributed by atoms with Crippen molar-refractivity contribution in [3.63, 3.8) is 0 Å². The van der Waals surface area contributed by atoms with Gasteiger partial charge in [-0.3, -0.25) is 4.79 Å². The first-order chi connectivity index (χ1) is 25.8. The van der Waals surface area contributed by atoms with Gasteiger partial charge in [-0.05, 0) is 75.3 Å². The standard InChI is InChI=1S/C42H51NO12/c1-22-26(53-36(48)31(45)29(23-14-10-8-11-15-23)43-37(49)55-38(2,3)4)20-42(50)34(54-35(47)24-16-12-9-13-17-24)32-40(33(46)30(44)28(22)39(42,5)6)19-25(40)18-27-41(32,51-7)21-52-27/h8-17,25-27,29-32,34,44-45,50H,18-21H2,1-7H3,(H,43,49)/t25-,26+,27-,29+,30-,31-,32+,34+,40-,41+,42-/m1/s1. The van der Waals surface area contributed by atoms with Crippen LogP contribution in [-0.4, -0.2) is 100 Å². The molecule has 1 amide bonds. The fourth-order valence-corrected chi connectivity index (χ4v) is 10.1. The number of hydrogen-bond acceptors (Lipinski definition) is 12. The SMILES string of the molecule is CO[C@@]12CO[C@@H]1C[C@@H]1C[C@@]13C(=O)[C@H](O)C1=C(C)[C@@H](OC(=O)[C@H](O)[C@@H](NC(=O)OC(C)(C)C)c4ccccc4)C[C@@](O)([C@@H](OC(=O)c4ccccc4)[C@H]23)C1(C)C. The molecule has 4 N–H and O–H groups in total. The second kappa shape index (κ2) is 13.5. The number of rotatable bonds is 8. The first kappa shape index (κ1) is 39.1. The van der Waals surface area contributed by atoms with Crippen LogP contribution in [0.3, 0.4) is 0 Å². The summed E-state index contributed by atoms with van der Waals surface area (Å²) in [6, 6.07) is 15.3.